The first kappa shape index (κ1) is 10.2. The van der Waals surface area contributed by atoms with Gasteiger partial charge in [0.2, 0.25) is 0 Å². The minimum absolute atomic E-state index is 0.866. The molecule has 0 atom stereocenters. The first-order valence-electron chi connectivity index (χ1n) is 4.88. The summed E-state index contributed by atoms with van der Waals surface area (Å²) in [7, 11) is 0. The van der Waals surface area contributed by atoms with Crippen LogP contribution in [0.2, 0.25) is 0 Å². The quantitative estimate of drug-likeness (QED) is 0.755. The SMILES string of the molecule is BrN(Cc1ccccc1)c1ccccc1. The highest BCUT2D eigenvalue weighted by Gasteiger charge is 2.01. The Bertz CT molecular complexity index is 399. The largest absolute Gasteiger partial charge is 0.304 e. The lowest BCUT2D eigenvalue weighted by molar-refractivity contribution is 1.07. The Morgan fingerprint density at radius 1 is 0.800 bits per heavy atom. The van der Waals surface area contributed by atoms with Crippen molar-refractivity contribution in [1.29, 1.82) is 0 Å². The highest BCUT2D eigenvalue weighted by Crippen LogP contribution is 2.19. The zero-order chi connectivity index (χ0) is 10.5. The van der Waals surface area contributed by atoms with Gasteiger partial charge < -0.3 is 3.93 Å². The smallest absolute Gasteiger partial charge is 0.0546 e. The standard InChI is InChI=1S/C13H12BrN/c14-15(13-9-5-2-6-10-13)11-12-7-3-1-4-8-12/h1-10H,11H2. The summed E-state index contributed by atoms with van der Waals surface area (Å²) >= 11 is 3.56. The van der Waals surface area contributed by atoms with E-state index in [9.17, 15) is 0 Å². The molecular formula is C13H12BrN. The molecule has 0 spiro atoms. The van der Waals surface area contributed by atoms with Crippen LogP contribution in [0.1, 0.15) is 5.56 Å². The average Bonchev–Trinajstić information content (AvgIpc) is 2.31. The molecule has 0 N–H and O–H groups in total. The van der Waals surface area contributed by atoms with Gasteiger partial charge in [-0.25, -0.2) is 0 Å². The van der Waals surface area contributed by atoms with E-state index < -0.39 is 0 Å². The molecule has 2 aromatic carbocycles. The second kappa shape index (κ2) is 4.99. The summed E-state index contributed by atoms with van der Waals surface area (Å²) in [6, 6.07) is 20.6. The summed E-state index contributed by atoms with van der Waals surface area (Å²) in [6.07, 6.45) is 0. The average molecular weight is 262 g/mol. The Morgan fingerprint density at radius 2 is 1.33 bits per heavy atom. The highest BCUT2D eigenvalue weighted by molar-refractivity contribution is 9.10. The zero-order valence-corrected chi connectivity index (χ0v) is 9.89. The molecule has 2 heteroatoms. The van der Waals surface area contributed by atoms with Gasteiger partial charge in [0.05, 0.1) is 6.54 Å². The van der Waals surface area contributed by atoms with Crippen LogP contribution < -0.4 is 3.93 Å². The van der Waals surface area contributed by atoms with E-state index in [0.29, 0.717) is 0 Å². The van der Waals surface area contributed by atoms with E-state index in [-0.39, 0.29) is 0 Å². The topological polar surface area (TPSA) is 3.24 Å². The van der Waals surface area contributed by atoms with Crippen LogP contribution >= 0.6 is 16.1 Å². The number of anilines is 1. The predicted molar refractivity (Wildman–Crippen MR) is 68.0 cm³/mol. The molecule has 76 valence electrons. The first-order chi connectivity index (χ1) is 7.36. The number of rotatable bonds is 3. The van der Waals surface area contributed by atoms with E-state index in [1.165, 1.54) is 11.3 Å². The van der Waals surface area contributed by atoms with Crippen LogP contribution in [0.25, 0.3) is 0 Å². The van der Waals surface area contributed by atoms with Crippen molar-refractivity contribution < 1.29 is 0 Å². The molecule has 2 rings (SSSR count). The van der Waals surface area contributed by atoms with E-state index in [4.69, 9.17) is 0 Å². The van der Waals surface area contributed by atoms with E-state index in [1.54, 1.807) is 0 Å². The van der Waals surface area contributed by atoms with Crippen LogP contribution in [-0.4, -0.2) is 0 Å². The fourth-order valence-electron chi connectivity index (χ4n) is 1.42. The maximum atomic E-state index is 3.56. The maximum Gasteiger partial charge on any atom is 0.0546 e. The molecule has 0 saturated carbocycles. The van der Waals surface area contributed by atoms with E-state index >= 15 is 0 Å². The van der Waals surface area contributed by atoms with Crippen molar-refractivity contribution in [2.45, 2.75) is 6.54 Å². The lowest BCUT2D eigenvalue weighted by Crippen LogP contribution is -2.08. The van der Waals surface area contributed by atoms with Crippen molar-refractivity contribution in [3.05, 3.63) is 66.2 Å². The molecule has 0 bridgehead atoms. The molecule has 2 aromatic rings. The molecule has 0 aromatic heterocycles. The van der Waals surface area contributed by atoms with Crippen LogP contribution in [0, 0.1) is 0 Å². The summed E-state index contributed by atoms with van der Waals surface area (Å²) in [5.41, 5.74) is 2.46. The Kier molecular flexibility index (Phi) is 3.41. The molecule has 0 aliphatic heterocycles. The van der Waals surface area contributed by atoms with Crippen LogP contribution in [0.15, 0.2) is 60.7 Å². The fraction of sp³-hybridized carbons (Fsp3) is 0.0769. The van der Waals surface area contributed by atoms with Crippen molar-refractivity contribution in [3.63, 3.8) is 0 Å². The normalized spacial score (nSPS) is 9.93. The third-order valence-electron chi connectivity index (χ3n) is 2.20. The second-order valence-electron chi connectivity index (χ2n) is 3.34. The molecule has 0 heterocycles. The number of nitrogens with zero attached hydrogens (tertiary/aromatic N) is 1. The predicted octanol–water partition coefficient (Wildman–Crippen LogP) is 4.00. The van der Waals surface area contributed by atoms with Gasteiger partial charge in [-0.2, -0.15) is 0 Å². The fourth-order valence-corrected chi connectivity index (χ4v) is 1.95. The van der Waals surface area contributed by atoms with Crippen molar-refractivity contribution >= 4 is 21.8 Å². The molecule has 0 amide bonds. The minimum atomic E-state index is 0.866. The van der Waals surface area contributed by atoms with E-state index in [0.717, 1.165) is 6.54 Å². The minimum Gasteiger partial charge on any atom is -0.304 e. The van der Waals surface area contributed by atoms with Gasteiger partial charge in [-0.3, -0.25) is 0 Å². The van der Waals surface area contributed by atoms with Gasteiger partial charge in [0, 0.05) is 21.8 Å². The molecule has 1 nitrogen and oxygen atoms in total. The molecule has 0 unspecified atom stereocenters. The number of para-hydroxylation sites is 1. The lowest BCUT2D eigenvalue weighted by Gasteiger charge is -2.16. The van der Waals surface area contributed by atoms with Gasteiger partial charge in [-0.05, 0) is 17.7 Å². The molecule has 0 aliphatic carbocycles. The van der Waals surface area contributed by atoms with Gasteiger partial charge in [-0.15, -0.1) is 0 Å². The van der Waals surface area contributed by atoms with Gasteiger partial charge in [0.25, 0.3) is 0 Å². The Morgan fingerprint density at radius 3 is 1.93 bits per heavy atom. The third-order valence-corrected chi connectivity index (χ3v) is 2.86. The second-order valence-corrected chi connectivity index (χ2v) is 4.20. The number of halogens is 1. The summed E-state index contributed by atoms with van der Waals surface area (Å²) in [6.45, 7) is 0.866. The van der Waals surface area contributed by atoms with Crippen molar-refractivity contribution in [2.24, 2.45) is 0 Å². The molecular weight excluding hydrogens is 250 g/mol. The van der Waals surface area contributed by atoms with Gasteiger partial charge in [0.15, 0.2) is 0 Å². The lowest BCUT2D eigenvalue weighted by atomic mass is 10.2. The van der Waals surface area contributed by atoms with Gasteiger partial charge in [-0.1, -0.05) is 48.5 Å². The number of hydrogen-bond donors (Lipinski definition) is 0. The monoisotopic (exact) mass is 261 g/mol. The summed E-state index contributed by atoms with van der Waals surface area (Å²) in [5, 5.41) is 0. The van der Waals surface area contributed by atoms with Crippen LogP contribution in [0.5, 0.6) is 0 Å². The Labute approximate surface area is 98.7 Å². The van der Waals surface area contributed by atoms with Crippen LogP contribution in [-0.2, 0) is 6.54 Å². The molecule has 15 heavy (non-hydrogen) atoms. The summed E-state index contributed by atoms with van der Waals surface area (Å²) in [5.74, 6) is 0. The highest BCUT2D eigenvalue weighted by atomic mass is 79.9. The molecule has 0 saturated heterocycles. The van der Waals surface area contributed by atoms with E-state index in [2.05, 4.69) is 56.5 Å². The Balaban J connectivity index is 2.08. The van der Waals surface area contributed by atoms with Gasteiger partial charge >= 0.3 is 0 Å². The zero-order valence-electron chi connectivity index (χ0n) is 8.31. The van der Waals surface area contributed by atoms with Crippen molar-refractivity contribution in [1.82, 2.24) is 0 Å². The Hall–Kier alpha value is -1.28. The number of hydrogen-bond acceptors (Lipinski definition) is 1. The summed E-state index contributed by atoms with van der Waals surface area (Å²) < 4.78 is 2.06. The first-order valence-corrected chi connectivity index (χ1v) is 5.59. The van der Waals surface area contributed by atoms with Crippen molar-refractivity contribution in [3.8, 4) is 0 Å². The molecule has 0 fully saturated rings. The third kappa shape index (κ3) is 2.83. The molecule has 0 radical (unpaired) electrons. The molecule has 0 aliphatic rings. The summed E-state index contributed by atoms with van der Waals surface area (Å²) in [4.78, 5) is 0. The maximum absolute atomic E-state index is 3.56. The van der Waals surface area contributed by atoms with Crippen molar-refractivity contribution in [2.75, 3.05) is 3.93 Å². The van der Waals surface area contributed by atoms with E-state index in [1.807, 2.05) is 24.3 Å². The van der Waals surface area contributed by atoms with Gasteiger partial charge in [0.1, 0.15) is 0 Å². The number of benzene rings is 2. The van der Waals surface area contributed by atoms with Crippen LogP contribution in [0.4, 0.5) is 5.69 Å². The van der Waals surface area contributed by atoms with Crippen LogP contribution in [0.3, 0.4) is 0 Å².